The lowest BCUT2D eigenvalue weighted by molar-refractivity contribution is -0.128. The predicted octanol–water partition coefficient (Wildman–Crippen LogP) is 1.43. The van der Waals surface area contributed by atoms with Crippen LogP contribution in [0.15, 0.2) is 30.3 Å². The highest BCUT2D eigenvalue weighted by atomic mass is 16.6. The second-order valence-corrected chi connectivity index (χ2v) is 7.08. The summed E-state index contributed by atoms with van der Waals surface area (Å²) in [5.74, 6) is -0.334. The van der Waals surface area contributed by atoms with Crippen LogP contribution in [0.25, 0.3) is 0 Å². The van der Waals surface area contributed by atoms with Gasteiger partial charge in [0.15, 0.2) is 0 Å². The summed E-state index contributed by atoms with van der Waals surface area (Å²) in [5, 5.41) is 5.17. The highest BCUT2D eigenvalue weighted by molar-refractivity contribution is 5.84. The second-order valence-electron chi connectivity index (χ2n) is 7.08. The Balaban J connectivity index is 1.75. The predicted molar refractivity (Wildman–Crippen MR) is 92.6 cm³/mol. The van der Waals surface area contributed by atoms with Crippen molar-refractivity contribution in [1.29, 1.82) is 0 Å². The number of rotatable bonds is 5. The van der Waals surface area contributed by atoms with E-state index in [1.54, 1.807) is 25.7 Å². The number of hydrogen-bond donors (Lipinski definition) is 2. The lowest BCUT2D eigenvalue weighted by Gasteiger charge is -2.20. The number of nitrogens with one attached hydrogen (secondary N) is 2. The fourth-order valence-corrected chi connectivity index (χ4v) is 2.57. The maximum absolute atomic E-state index is 12.1. The Bertz CT molecular complexity index is 625. The molecule has 0 spiro atoms. The Labute approximate surface area is 147 Å². The van der Waals surface area contributed by atoms with E-state index in [1.165, 1.54) is 0 Å². The van der Waals surface area contributed by atoms with Crippen molar-refractivity contribution >= 4 is 17.9 Å². The Kier molecular flexibility index (Phi) is 6.01. The van der Waals surface area contributed by atoms with Gasteiger partial charge in [-0.1, -0.05) is 30.3 Å². The summed E-state index contributed by atoms with van der Waals surface area (Å²) in [7, 11) is 0. The second kappa shape index (κ2) is 8.00. The number of hydrogen-bond acceptors (Lipinski definition) is 4. The molecular weight excluding hydrogens is 322 g/mol. The maximum Gasteiger partial charge on any atom is 0.408 e. The zero-order valence-electron chi connectivity index (χ0n) is 14.9. The van der Waals surface area contributed by atoms with Crippen molar-refractivity contribution in [1.82, 2.24) is 15.5 Å². The molecule has 136 valence electrons. The van der Waals surface area contributed by atoms with Gasteiger partial charge in [-0.2, -0.15) is 0 Å². The summed E-state index contributed by atoms with van der Waals surface area (Å²) in [6.45, 7) is 6.06. The van der Waals surface area contributed by atoms with Crippen molar-refractivity contribution in [3.05, 3.63) is 35.9 Å². The number of likely N-dealkylation sites (tertiary alicyclic amines) is 1. The molecule has 0 aromatic heterocycles. The summed E-state index contributed by atoms with van der Waals surface area (Å²) < 4.78 is 5.07. The fraction of sp³-hybridized carbons (Fsp3) is 0.500. The first-order valence-electron chi connectivity index (χ1n) is 8.31. The van der Waals surface area contributed by atoms with E-state index in [-0.39, 0.29) is 30.8 Å². The summed E-state index contributed by atoms with van der Waals surface area (Å²) in [6.07, 6.45) is -0.374. The van der Waals surface area contributed by atoms with Gasteiger partial charge < -0.3 is 20.3 Å². The van der Waals surface area contributed by atoms with Crippen LogP contribution in [0.5, 0.6) is 0 Å². The first kappa shape index (κ1) is 18.8. The van der Waals surface area contributed by atoms with E-state index in [4.69, 9.17) is 4.74 Å². The molecule has 1 unspecified atom stereocenters. The standard InChI is InChI=1S/C18H25N3O4/c1-18(2,3)25-17(24)19-10-15(22)20-14-9-16(23)21(12-14)11-13-7-5-4-6-8-13/h4-8,14H,9-12H2,1-3H3,(H,19,24)(H,20,22). The maximum atomic E-state index is 12.1. The Morgan fingerprint density at radius 1 is 1.24 bits per heavy atom. The molecule has 1 fully saturated rings. The van der Waals surface area contributed by atoms with Crippen molar-refractivity contribution in [2.45, 2.75) is 45.4 Å². The quantitative estimate of drug-likeness (QED) is 0.843. The first-order chi connectivity index (χ1) is 11.7. The van der Waals surface area contributed by atoms with Gasteiger partial charge in [0.1, 0.15) is 12.1 Å². The van der Waals surface area contributed by atoms with E-state index in [0.717, 1.165) is 5.56 Å². The smallest absolute Gasteiger partial charge is 0.408 e. The van der Waals surface area contributed by atoms with Crippen LogP contribution >= 0.6 is 0 Å². The third-order valence-electron chi connectivity index (χ3n) is 3.59. The fourth-order valence-electron chi connectivity index (χ4n) is 2.57. The summed E-state index contributed by atoms with van der Waals surface area (Å²) in [4.78, 5) is 37.3. The van der Waals surface area contributed by atoms with Gasteiger partial charge in [-0.05, 0) is 26.3 Å². The van der Waals surface area contributed by atoms with Crippen LogP contribution in [0, 0.1) is 0 Å². The molecule has 0 radical (unpaired) electrons. The largest absolute Gasteiger partial charge is 0.444 e. The Morgan fingerprint density at radius 2 is 1.92 bits per heavy atom. The van der Waals surface area contributed by atoms with Crippen molar-refractivity contribution in [3.8, 4) is 0 Å². The van der Waals surface area contributed by atoms with Crippen LogP contribution in [-0.4, -0.2) is 47.5 Å². The van der Waals surface area contributed by atoms with E-state index in [2.05, 4.69) is 10.6 Å². The number of benzene rings is 1. The van der Waals surface area contributed by atoms with E-state index in [9.17, 15) is 14.4 Å². The van der Waals surface area contributed by atoms with Crippen molar-refractivity contribution in [2.75, 3.05) is 13.1 Å². The van der Waals surface area contributed by atoms with E-state index in [0.29, 0.717) is 13.1 Å². The minimum atomic E-state index is -0.643. The Hall–Kier alpha value is -2.57. The van der Waals surface area contributed by atoms with Gasteiger partial charge in [-0.25, -0.2) is 4.79 Å². The van der Waals surface area contributed by atoms with Gasteiger partial charge in [0.2, 0.25) is 11.8 Å². The molecule has 1 atom stereocenters. The van der Waals surface area contributed by atoms with Crippen molar-refractivity contribution < 1.29 is 19.1 Å². The SMILES string of the molecule is CC(C)(C)OC(=O)NCC(=O)NC1CC(=O)N(Cc2ccccc2)C1. The van der Waals surface area contributed by atoms with E-state index >= 15 is 0 Å². The van der Waals surface area contributed by atoms with Gasteiger partial charge in [-0.3, -0.25) is 9.59 Å². The molecule has 1 aliphatic heterocycles. The number of amides is 3. The molecule has 1 heterocycles. The molecule has 3 amide bonds. The van der Waals surface area contributed by atoms with Crippen molar-refractivity contribution in [2.24, 2.45) is 0 Å². The highest BCUT2D eigenvalue weighted by Gasteiger charge is 2.30. The lowest BCUT2D eigenvalue weighted by Crippen LogP contribution is -2.44. The third-order valence-corrected chi connectivity index (χ3v) is 3.59. The van der Waals surface area contributed by atoms with E-state index < -0.39 is 11.7 Å². The van der Waals surface area contributed by atoms with Gasteiger partial charge >= 0.3 is 6.09 Å². The molecule has 1 aromatic carbocycles. The molecule has 1 aliphatic rings. The average molecular weight is 347 g/mol. The minimum absolute atomic E-state index is 0.00857. The van der Waals surface area contributed by atoms with Crippen LogP contribution in [0.4, 0.5) is 4.79 Å². The van der Waals surface area contributed by atoms with Gasteiger partial charge in [-0.15, -0.1) is 0 Å². The number of alkyl carbamates (subject to hydrolysis) is 1. The zero-order valence-corrected chi connectivity index (χ0v) is 14.9. The Morgan fingerprint density at radius 3 is 2.56 bits per heavy atom. The van der Waals surface area contributed by atoms with Crippen LogP contribution in [0.1, 0.15) is 32.8 Å². The molecule has 0 aliphatic carbocycles. The van der Waals surface area contributed by atoms with Crippen LogP contribution in [0.3, 0.4) is 0 Å². The zero-order chi connectivity index (χ0) is 18.4. The number of nitrogens with zero attached hydrogens (tertiary/aromatic N) is 1. The molecule has 0 bridgehead atoms. The molecule has 7 nitrogen and oxygen atoms in total. The molecule has 2 rings (SSSR count). The number of carbonyl (C=O) groups is 3. The van der Waals surface area contributed by atoms with Crippen LogP contribution < -0.4 is 10.6 Å². The molecule has 1 aromatic rings. The molecule has 1 saturated heterocycles. The van der Waals surface area contributed by atoms with Crippen LogP contribution in [0.2, 0.25) is 0 Å². The lowest BCUT2D eigenvalue weighted by atomic mass is 10.2. The highest BCUT2D eigenvalue weighted by Crippen LogP contribution is 2.15. The topological polar surface area (TPSA) is 87.7 Å². The number of ether oxygens (including phenoxy) is 1. The summed E-state index contributed by atoms with van der Waals surface area (Å²) in [6, 6.07) is 9.46. The third kappa shape index (κ3) is 6.45. The molecule has 7 heteroatoms. The normalized spacial score (nSPS) is 17.3. The number of carbonyl (C=O) groups excluding carboxylic acids is 3. The summed E-state index contributed by atoms with van der Waals surface area (Å²) >= 11 is 0. The van der Waals surface area contributed by atoms with Crippen LogP contribution in [-0.2, 0) is 20.9 Å². The summed E-state index contributed by atoms with van der Waals surface area (Å²) in [5.41, 5.74) is 0.436. The molecule has 2 N–H and O–H groups in total. The minimum Gasteiger partial charge on any atom is -0.444 e. The molecule has 0 saturated carbocycles. The van der Waals surface area contributed by atoms with Gasteiger partial charge in [0.05, 0.1) is 6.04 Å². The van der Waals surface area contributed by atoms with Crippen molar-refractivity contribution in [3.63, 3.8) is 0 Å². The molecule has 25 heavy (non-hydrogen) atoms. The van der Waals surface area contributed by atoms with Gasteiger partial charge in [0.25, 0.3) is 0 Å². The monoisotopic (exact) mass is 347 g/mol. The average Bonchev–Trinajstić information content (AvgIpc) is 2.84. The van der Waals surface area contributed by atoms with Gasteiger partial charge in [0, 0.05) is 19.5 Å². The van der Waals surface area contributed by atoms with E-state index in [1.807, 2.05) is 30.3 Å². The first-order valence-corrected chi connectivity index (χ1v) is 8.31. The molecular formula is C18H25N3O4.